The molecule has 0 radical (unpaired) electrons. The molecule has 4 nitrogen and oxygen atoms in total. The Morgan fingerprint density at radius 2 is 1.83 bits per heavy atom. The van der Waals surface area contributed by atoms with Gasteiger partial charge in [0.15, 0.2) is 0 Å². The lowest BCUT2D eigenvalue weighted by Crippen LogP contribution is -2.34. The standard InChI is InChI=1S/C8H14O4/c1-3-5(2)7(11)8(12)6(10)4-9/h5-6,9-10H,3-4H2,1-2H3. The zero-order chi connectivity index (χ0) is 9.72. The molecule has 4 heteroatoms. The minimum absolute atomic E-state index is 0.376. The lowest BCUT2D eigenvalue weighted by atomic mass is 9.98. The molecule has 70 valence electrons. The fourth-order valence-corrected chi connectivity index (χ4v) is 0.675. The monoisotopic (exact) mass is 174 g/mol. The van der Waals surface area contributed by atoms with Gasteiger partial charge in [-0.15, -0.1) is 0 Å². The van der Waals surface area contributed by atoms with Gasteiger partial charge in [0.05, 0.1) is 6.61 Å². The Balaban J connectivity index is 4.19. The maximum Gasteiger partial charge on any atom is 0.229 e. The van der Waals surface area contributed by atoms with Crippen molar-refractivity contribution in [1.29, 1.82) is 0 Å². The number of aliphatic hydroxyl groups excluding tert-OH is 2. The first kappa shape index (κ1) is 11.3. The second kappa shape index (κ2) is 5.00. The summed E-state index contributed by atoms with van der Waals surface area (Å²) in [5.74, 6) is -1.88. The van der Waals surface area contributed by atoms with E-state index in [2.05, 4.69) is 0 Å². The van der Waals surface area contributed by atoms with Gasteiger partial charge in [-0.3, -0.25) is 9.59 Å². The minimum Gasteiger partial charge on any atom is -0.393 e. The molecule has 0 aromatic carbocycles. The van der Waals surface area contributed by atoms with E-state index < -0.39 is 24.3 Å². The Kier molecular flexibility index (Phi) is 4.70. The fraction of sp³-hybridized carbons (Fsp3) is 0.750. The quantitative estimate of drug-likeness (QED) is 0.552. The van der Waals surface area contributed by atoms with Crippen LogP contribution in [0.15, 0.2) is 0 Å². The summed E-state index contributed by atoms with van der Waals surface area (Å²) in [7, 11) is 0. The SMILES string of the molecule is CCC(C)C(=O)C(=O)C(O)CO. The van der Waals surface area contributed by atoms with Crippen LogP contribution in [0.4, 0.5) is 0 Å². The van der Waals surface area contributed by atoms with E-state index in [0.29, 0.717) is 6.42 Å². The molecular formula is C8H14O4. The molecule has 0 amide bonds. The molecule has 0 aromatic rings. The molecule has 12 heavy (non-hydrogen) atoms. The van der Waals surface area contributed by atoms with E-state index in [1.807, 2.05) is 0 Å². The molecule has 0 rings (SSSR count). The molecule has 0 saturated heterocycles. The van der Waals surface area contributed by atoms with E-state index in [9.17, 15) is 9.59 Å². The van der Waals surface area contributed by atoms with Crippen LogP contribution in [0, 0.1) is 5.92 Å². The zero-order valence-corrected chi connectivity index (χ0v) is 7.28. The topological polar surface area (TPSA) is 74.6 Å². The lowest BCUT2D eigenvalue weighted by Gasteiger charge is -2.08. The van der Waals surface area contributed by atoms with Gasteiger partial charge in [-0.05, 0) is 6.42 Å². The molecular weight excluding hydrogens is 160 g/mol. The third-order valence-electron chi connectivity index (χ3n) is 1.78. The highest BCUT2D eigenvalue weighted by Gasteiger charge is 2.25. The summed E-state index contributed by atoms with van der Waals surface area (Å²) in [5.41, 5.74) is 0. The summed E-state index contributed by atoms with van der Waals surface area (Å²) in [6, 6.07) is 0. The molecule has 0 aliphatic heterocycles. The molecule has 0 heterocycles. The van der Waals surface area contributed by atoms with Crippen LogP contribution in [0.2, 0.25) is 0 Å². The van der Waals surface area contributed by atoms with Crippen LogP contribution >= 0.6 is 0 Å². The van der Waals surface area contributed by atoms with Crippen LogP contribution in [0.25, 0.3) is 0 Å². The van der Waals surface area contributed by atoms with Gasteiger partial charge < -0.3 is 10.2 Å². The number of rotatable bonds is 5. The number of carbonyl (C=O) groups excluding carboxylic acids is 2. The van der Waals surface area contributed by atoms with Crippen molar-refractivity contribution in [3.8, 4) is 0 Å². The summed E-state index contributed by atoms with van der Waals surface area (Å²) in [6.07, 6.45) is -0.991. The second-order valence-corrected chi connectivity index (χ2v) is 2.74. The van der Waals surface area contributed by atoms with Gasteiger partial charge in [-0.1, -0.05) is 13.8 Å². The number of hydrogen-bond donors (Lipinski definition) is 2. The van der Waals surface area contributed by atoms with Crippen molar-refractivity contribution in [2.75, 3.05) is 6.61 Å². The Morgan fingerprint density at radius 3 is 2.17 bits per heavy atom. The van der Waals surface area contributed by atoms with Crippen LogP contribution < -0.4 is 0 Å². The summed E-state index contributed by atoms with van der Waals surface area (Å²) in [6.45, 7) is 2.70. The summed E-state index contributed by atoms with van der Waals surface area (Å²) in [4.78, 5) is 22.0. The minimum atomic E-state index is -1.55. The number of ketones is 2. The first-order valence-electron chi connectivity index (χ1n) is 3.91. The Bertz CT molecular complexity index is 156. The van der Waals surface area contributed by atoms with Crippen LogP contribution in [-0.2, 0) is 9.59 Å². The molecule has 0 aromatic heterocycles. The third-order valence-corrected chi connectivity index (χ3v) is 1.78. The predicted octanol–water partition coefficient (Wildman–Crippen LogP) is -0.476. The van der Waals surface area contributed by atoms with Crippen molar-refractivity contribution < 1.29 is 19.8 Å². The van der Waals surface area contributed by atoms with Gasteiger partial charge in [0, 0.05) is 5.92 Å². The molecule has 0 fully saturated rings. The van der Waals surface area contributed by atoms with Gasteiger partial charge in [0.25, 0.3) is 0 Å². The largest absolute Gasteiger partial charge is 0.393 e. The maximum absolute atomic E-state index is 11.1. The Morgan fingerprint density at radius 1 is 1.33 bits per heavy atom. The third kappa shape index (κ3) is 2.71. The number of hydrogen-bond acceptors (Lipinski definition) is 4. The van der Waals surface area contributed by atoms with Crippen molar-refractivity contribution >= 4 is 11.6 Å². The summed E-state index contributed by atoms with van der Waals surface area (Å²) in [5, 5.41) is 17.2. The highest BCUT2D eigenvalue weighted by atomic mass is 16.3. The average Bonchev–Trinajstić information content (AvgIpc) is 2.12. The zero-order valence-electron chi connectivity index (χ0n) is 7.28. The van der Waals surface area contributed by atoms with Crippen molar-refractivity contribution in [3.63, 3.8) is 0 Å². The van der Waals surface area contributed by atoms with Crippen LogP contribution in [-0.4, -0.2) is 34.5 Å². The molecule has 2 atom stereocenters. The first-order valence-corrected chi connectivity index (χ1v) is 3.91. The van der Waals surface area contributed by atoms with Crippen LogP contribution in [0.1, 0.15) is 20.3 Å². The number of aliphatic hydroxyl groups is 2. The van der Waals surface area contributed by atoms with Gasteiger partial charge in [-0.2, -0.15) is 0 Å². The maximum atomic E-state index is 11.1. The smallest absolute Gasteiger partial charge is 0.229 e. The van der Waals surface area contributed by atoms with Crippen molar-refractivity contribution in [3.05, 3.63) is 0 Å². The molecule has 0 bridgehead atoms. The molecule has 2 unspecified atom stereocenters. The molecule has 2 N–H and O–H groups in total. The molecule has 0 saturated carbocycles. The average molecular weight is 174 g/mol. The lowest BCUT2D eigenvalue weighted by molar-refractivity contribution is -0.144. The Hall–Kier alpha value is -0.740. The summed E-state index contributed by atoms with van der Waals surface area (Å²) < 4.78 is 0. The fourth-order valence-electron chi connectivity index (χ4n) is 0.675. The van der Waals surface area contributed by atoms with E-state index in [0.717, 1.165) is 0 Å². The highest BCUT2D eigenvalue weighted by Crippen LogP contribution is 2.04. The van der Waals surface area contributed by atoms with Crippen molar-refractivity contribution in [2.24, 2.45) is 5.92 Å². The number of carbonyl (C=O) groups is 2. The van der Waals surface area contributed by atoms with Crippen molar-refractivity contribution in [1.82, 2.24) is 0 Å². The molecule has 0 spiro atoms. The van der Waals surface area contributed by atoms with E-state index in [-0.39, 0.29) is 5.92 Å². The first-order chi connectivity index (χ1) is 5.54. The molecule has 0 aliphatic carbocycles. The second-order valence-electron chi connectivity index (χ2n) is 2.74. The van der Waals surface area contributed by atoms with Crippen LogP contribution in [0.3, 0.4) is 0 Å². The van der Waals surface area contributed by atoms with Gasteiger partial charge >= 0.3 is 0 Å². The van der Waals surface area contributed by atoms with E-state index in [1.54, 1.807) is 13.8 Å². The van der Waals surface area contributed by atoms with E-state index in [4.69, 9.17) is 10.2 Å². The highest BCUT2D eigenvalue weighted by molar-refractivity contribution is 6.39. The van der Waals surface area contributed by atoms with Gasteiger partial charge in [-0.25, -0.2) is 0 Å². The summed E-state index contributed by atoms with van der Waals surface area (Å²) >= 11 is 0. The normalized spacial score (nSPS) is 15.3. The van der Waals surface area contributed by atoms with Gasteiger partial charge in [0.1, 0.15) is 6.10 Å². The van der Waals surface area contributed by atoms with Crippen LogP contribution in [0.5, 0.6) is 0 Å². The van der Waals surface area contributed by atoms with E-state index >= 15 is 0 Å². The van der Waals surface area contributed by atoms with Crippen molar-refractivity contribution in [2.45, 2.75) is 26.4 Å². The Labute approximate surface area is 71.2 Å². The molecule has 0 aliphatic rings. The predicted molar refractivity (Wildman–Crippen MR) is 42.6 cm³/mol. The van der Waals surface area contributed by atoms with Gasteiger partial charge in [0.2, 0.25) is 11.6 Å². The number of Topliss-reactive ketones (excluding diaryl/α,β-unsaturated/α-hetero) is 2. The van der Waals surface area contributed by atoms with E-state index in [1.165, 1.54) is 0 Å².